The van der Waals surface area contributed by atoms with Crippen LogP contribution in [-0.2, 0) is 11.8 Å². The van der Waals surface area contributed by atoms with Crippen LogP contribution in [0.5, 0.6) is 0 Å². The van der Waals surface area contributed by atoms with E-state index in [1.54, 1.807) is 16.9 Å². The molecule has 0 spiro atoms. The van der Waals surface area contributed by atoms with Crippen LogP contribution in [0.1, 0.15) is 6.92 Å². The largest absolute Gasteiger partial charge is 0.304 e. The zero-order valence-corrected chi connectivity index (χ0v) is 14.0. The summed E-state index contributed by atoms with van der Waals surface area (Å²) < 4.78 is 1.65. The maximum absolute atomic E-state index is 12.9. The van der Waals surface area contributed by atoms with Gasteiger partial charge in [0, 0.05) is 31.1 Å². The summed E-state index contributed by atoms with van der Waals surface area (Å²) in [6.45, 7) is 2.62. The van der Waals surface area contributed by atoms with Crippen molar-refractivity contribution in [2.45, 2.75) is 6.92 Å². The predicted octanol–water partition coefficient (Wildman–Crippen LogP) is 2.30. The van der Waals surface area contributed by atoms with Crippen LogP contribution in [-0.4, -0.2) is 33.1 Å². The first kappa shape index (κ1) is 15.2. The number of para-hydroxylation sites is 1. The molecule has 0 atom stereocenters. The highest BCUT2D eigenvalue weighted by Crippen LogP contribution is 2.30. The summed E-state index contributed by atoms with van der Waals surface area (Å²) in [4.78, 5) is 17.4. The van der Waals surface area contributed by atoms with Crippen molar-refractivity contribution in [2.24, 2.45) is 12.0 Å². The van der Waals surface area contributed by atoms with Crippen LogP contribution >= 0.6 is 0 Å². The van der Waals surface area contributed by atoms with Crippen LogP contribution in [0.15, 0.2) is 71.1 Å². The number of nitrogens with one attached hydrogen (secondary N) is 1. The van der Waals surface area contributed by atoms with Crippen molar-refractivity contribution in [2.75, 3.05) is 16.9 Å². The number of nitrogens with zero attached hydrogens (tertiary/aromatic N) is 5. The molecule has 126 valence electrons. The average molecular weight is 334 g/mol. The average Bonchev–Trinajstić information content (AvgIpc) is 3.18. The van der Waals surface area contributed by atoms with Crippen LogP contribution < -0.4 is 10.3 Å². The Hall–Kier alpha value is -3.35. The number of aliphatic imine (C=N–C) groups is 1. The minimum Gasteiger partial charge on any atom is -0.304 e. The van der Waals surface area contributed by atoms with Gasteiger partial charge in [-0.1, -0.05) is 18.2 Å². The number of amides is 1. The lowest BCUT2D eigenvalue weighted by molar-refractivity contribution is -0.113. The molecule has 2 aliphatic rings. The second-order valence-electron chi connectivity index (χ2n) is 5.90. The fourth-order valence-corrected chi connectivity index (χ4v) is 2.87. The van der Waals surface area contributed by atoms with Gasteiger partial charge in [-0.15, -0.1) is 0 Å². The SMILES string of the molecule is CC1=CCN2C(=N1)C=C(C(=O)Nc1ccn(C)n1)N2c1ccccc1. The van der Waals surface area contributed by atoms with Crippen LogP contribution in [0.3, 0.4) is 0 Å². The Kier molecular flexibility index (Phi) is 3.61. The molecule has 7 nitrogen and oxygen atoms in total. The molecule has 25 heavy (non-hydrogen) atoms. The molecule has 0 aliphatic carbocycles. The fourth-order valence-electron chi connectivity index (χ4n) is 2.87. The normalized spacial score (nSPS) is 16.2. The van der Waals surface area contributed by atoms with E-state index in [1.165, 1.54) is 0 Å². The first-order chi connectivity index (χ1) is 12.1. The second-order valence-corrected chi connectivity index (χ2v) is 5.90. The number of allylic oxidation sites excluding steroid dienone is 1. The molecule has 1 aromatic carbocycles. The summed E-state index contributed by atoms with van der Waals surface area (Å²) in [6.07, 6.45) is 5.63. The number of anilines is 2. The lowest BCUT2D eigenvalue weighted by atomic mass is 10.3. The number of aryl methyl sites for hydroxylation is 1. The predicted molar refractivity (Wildman–Crippen MR) is 96.7 cm³/mol. The molecule has 2 aliphatic heterocycles. The van der Waals surface area contributed by atoms with Gasteiger partial charge in [-0.05, 0) is 25.1 Å². The summed E-state index contributed by atoms with van der Waals surface area (Å²) in [5.74, 6) is 1.05. The van der Waals surface area contributed by atoms with Gasteiger partial charge < -0.3 is 5.32 Å². The highest BCUT2D eigenvalue weighted by molar-refractivity contribution is 6.14. The van der Waals surface area contributed by atoms with Crippen molar-refractivity contribution in [3.05, 3.63) is 66.1 Å². The Morgan fingerprint density at radius 2 is 2.00 bits per heavy atom. The number of benzene rings is 1. The monoisotopic (exact) mass is 334 g/mol. The van der Waals surface area contributed by atoms with Gasteiger partial charge in [-0.2, -0.15) is 5.10 Å². The number of fused-ring (bicyclic) bond motifs is 1. The van der Waals surface area contributed by atoms with Gasteiger partial charge in [0.15, 0.2) is 5.82 Å². The molecule has 1 N–H and O–H groups in total. The number of carbonyl (C=O) groups excluding carboxylic acids is 1. The Morgan fingerprint density at radius 3 is 2.72 bits per heavy atom. The summed E-state index contributed by atoms with van der Waals surface area (Å²) in [6, 6.07) is 11.5. The smallest absolute Gasteiger partial charge is 0.275 e. The topological polar surface area (TPSA) is 65.8 Å². The lowest BCUT2D eigenvalue weighted by Crippen LogP contribution is -2.43. The number of hydrogen-bond acceptors (Lipinski definition) is 5. The molecule has 3 heterocycles. The van der Waals surface area contributed by atoms with Crippen LogP contribution in [0, 0.1) is 0 Å². The van der Waals surface area contributed by atoms with Gasteiger partial charge in [0.2, 0.25) is 0 Å². The molecule has 0 unspecified atom stereocenters. The highest BCUT2D eigenvalue weighted by Gasteiger charge is 2.34. The molecule has 2 aromatic rings. The molecule has 0 bridgehead atoms. The van der Waals surface area contributed by atoms with E-state index in [0.717, 1.165) is 17.2 Å². The minimum absolute atomic E-state index is 0.225. The molecule has 0 saturated carbocycles. The van der Waals surface area contributed by atoms with E-state index in [2.05, 4.69) is 15.4 Å². The van der Waals surface area contributed by atoms with E-state index in [0.29, 0.717) is 18.1 Å². The molecular weight excluding hydrogens is 316 g/mol. The van der Waals surface area contributed by atoms with Crippen molar-refractivity contribution in [3.8, 4) is 0 Å². The number of carbonyl (C=O) groups is 1. The maximum atomic E-state index is 12.9. The van der Waals surface area contributed by atoms with E-state index < -0.39 is 0 Å². The van der Waals surface area contributed by atoms with Crippen molar-refractivity contribution in [1.82, 2.24) is 14.8 Å². The van der Waals surface area contributed by atoms with Crippen LogP contribution in [0.25, 0.3) is 0 Å². The number of aromatic nitrogens is 2. The number of amidine groups is 1. The van der Waals surface area contributed by atoms with Gasteiger partial charge in [0.1, 0.15) is 11.5 Å². The summed E-state index contributed by atoms with van der Waals surface area (Å²) >= 11 is 0. The second kappa shape index (κ2) is 5.94. The highest BCUT2D eigenvalue weighted by atomic mass is 16.2. The van der Waals surface area contributed by atoms with Gasteiger partial charge in [-0.25, -0.2) is 10.0 Å². The van der Waals surface area contributed by atoms with Crippen LogP contribution in [0.4, 0.5) is 11.5 Å². The zero-order chi connectivity index (χ0) is 17.4. The maximum Gasteiger partial charge on any atom is 0.275 e. The third-order valence-corrected chi connectivity index (χ3v) is 4.04. The molecule has 7 heteroatoms. The van der Waals surface area contributed by atoms with E-state index >= 15 is 0 Å². The molecule has 0 fully saturated rings. The molecule has 1 amide bonds. The van der Waals surface area contributed by atoms with Crippen LogP contribution in [0.2, 0.25) is 0 Å². The summed E-state index contributed by atoms with van der Waals surface area (Å²) in [5, 5.41) is 10.9. The van der Waals surface area contributed by atoms with Crippen molar-refractivity contribution >= 4 is 23.2 Å². The fraction of sp³-hybridized carbons (Fsp3) is 0.167. The minimum atomic E-state index is -0.225. The quantitative estimate of drug-likeness (QED) is 0.935. The summed E-state index contributed by atoms with van der Waals surface area (Å²) in [5.41, 5.74) is 2.36. The Bertz CT molecular complexity index is 909. The van der Waals surface area contributed by atoms with Crippen molar-refractivity contribution < 1.29 is 4.79 Å². The van der Waals surface area contributed by atoms with Gasteiger partial charge in [-0.3, -0.25) is 14.5 Å². The van der Waals surface area contributed by atoms with E-state index in [-0.39, 0.29) is 5.91 Å². The van der Waals surface area contributed by atoms with E-state index in [4.69, 9.17) is 0 Å². The first-order valence-electron chi connectivity index (χ1n) is 8.02. The molecule has 0 radical (unpaired) electrons. The number of hydrogen-bond donors (Lipinski definition) is 1. The number of hydrazine groups is 1. The van der Waals surface area contributed by atoms with E-state index in [9.17, 15) is 4.79 Å². The molecular formula is C18H18N6O. The van der Waals surface area contributed by atoms with Crippen molar-refractivity contribution in [1.29, 1.82) is 0 Å². The molecule has 0 saturated heterocycles. The summed E-state index contributed by atoms with van der Waals surface area (Å²) in [7, 11) is 1.81. The molecule has 4 rings (SSSR count). The Labute approximate surface area is 145 Å². The van der Waals surface area contributed by atoms with Crippen molar-refractivity contribution in [3.63, 3.8) is 0 Å². The Morgan fingerprint density at radius 1 is 1.20 bits per heavy atom. The number of rotatable bonds is 3. The first-order valence-corrected chi connectivity index (χ1v) is 8.02. The van der Waals surface area contributed by atoms with E-state index in [1.807, 2.05) is 66.5 Å². The van der Waals surface area contributed by atoms with Gasteiger partial charge in [0.25, 0.3) is 5.91 Å². The Balaban J connectivity index is 1.69. The standard InChI is InChI=1S/C18H18N6O/c1-13-8-11-23-17(19-13)12-15(24(23)14-6-4-3-5-7-14)18(25)20-16-9-10-22(2)21-16/h3-10,12H,11H2,1-2H3,(H,20,21,25). The molecule has 1 aromatic heterocycles. The third-order valence-electron chi connectivity index (χ3n) is 4.04. The lowest BCUT2D eigenvalue weighted by Gasteiger charge is -2.33. The van der Waals surface area contributed by atoms with Gasteiger partial charge >= 0.3 is 0 Å². The zero-order valence-electron chi connectivity index (χ0n) is 14.0. The van der Waals surface area contributed by atoms with Gasteiger partial charge in [0.05, 0.1) is 12.2 Å². The third kappa shape index (κ3) is 2.80.